The van der Waals surface area contributed by atoms with Crippen LogP contribution in [0.25, 0.3) is 0 Å². The first-order valence-corrected chi connectivity index (χ1v) is 14.9. The largest absolute Gasteiger partial charge is 0.494 e. The fourth-order valence-corrected chi connectivity index (χ4v) is 6.43. The fourth-order valence-electron chi connectivity index (χ4n) is 5.32. The highest BCUT2D eigenvalue weighted by Gasteiger charge is 2.58. The highest BCUT2D eigenvalue weighted by Crippen LogP contribution is 2.49. The number of fused-ring (bicyclic) bond motifs is 1. The molecular formula is C31H27Cl2N3O4S. The predicted molar refractivity (Wildman–Crippen MR) is 161 cm³/mol. The summed E-state index contributed by atoms with van der Waals surface area (Å²) in [4.78, 5) is 26.1. The molecule has 41 heavy (non-hydrogen) atoms. The number of hydrogen-bond acceptors (Lipinski definition) is 7. The van der Waals surface area contributed by atoms with Gasteiger partial charge in [-0.05, 0) is 55.0 Å². The number of benzene rings is 3. The smallest absolute Gasteiger partial charge is 0.260 e. The number of carbonyl (C=O) groups is 1. The van der Waals surface area contributed by atoms with Crippen LogP contribution in [0.2, 0.25) is 10.0 Å². The maximum Gasteiger partial charge on any atom is 0.260 e. The van der Waals surface area contributed by atoms with E-state index in [9.17, 15) is 4.79 Å². The molecule has 1 spiro atoms. The highest BCUT2D eigenvalue weighted by molar-refractivity contribution is 7.09. The minimum atomic E-state index is -1.30. The second kappa shape index (κ2) is 11.4. The third-order valence-electron chi connectivity index (χ3n) is 7.23. The highest BCUT2D eigenvalue weighted by atomic mass is 35.5. The van der Waals surface area contributed by atoms with E-state index in [1.807, 2.05) is 60.8 Å². The van der Waals surface area contributed by atoms with Gasteiger partial charge in [-0.15, -0.1) is 11.3 Å². The number of thiazole rings is 1. The van der Waals surface area contributed by atoms with E-state index in [4.69, 9.17) is 42.8 Å². The molecule has 0 saturated carbocycles. The van der Waals surface area contributed by atoms with Gasteiger partial charge >= 0.3 is 0 Å². The molecular weight excluding hydrogens is 581 g/mol. The molecule has 0 aliphatic carbocycles. The number of ether oxygens (including phenoxy) is 2. The van der Waals surface area contributed by atoms with Crippen molar-refractivity contribution in [1.82, 2.24) is 4.98 Å². The molecule has 0 fully saturated rings. The van der Waals surface area contributed by atoms with Crippen molar-refractivity contribution >= 4 is 52.0 Å². The van der Waals surface area contributed by atoms with Gasteiger partial charge in [0.1, 0.15) is 5.75 Å². The number of halogens is 2. The van der Waals surface area contributed by atoms with E-state index >= 15 is 0 Å². The van der Waals surface area contributed by atoms with Crippen LogP contribution in [0, 0.1) is 6.92 Å². The van der Waals surface area contributed by atoms with Gasteiger partial charge in [0.15, 0.2) is 11.6 Å². The van der Waals surface area contributed by atoms with Crippen LogP contribution in [-0.2, 0) is 22.5 Å². The monoisotopic (exact) mass is 607 g/mol. The minimum Gasteiger partial charge on any atom is -0.494 e. The first kappa shape index (κ1) is 27.7. The average Bonchev–Trinajstić information content (AvgIpc) is 3.55. The molecule has 6 rings (SSSR count). The van der Waals surface area contributed by atoms with Gasteiger partial charge in [0.05, 0.1) is 23.9 Å². The quantitative estimate of drug-likeness (QED) is 0.229. The number of aliphatic imine (C=N–C) groups is 1. The molecule has 3 heterocycles. The third-order valence-corrected chi connectivity index (χ3v) is 8.61. The van der Waals surface area contributed by atoms with Crippen molar-refractivity contribution in [3.8, 4) is 5.75 Å². The van der Waals surface area contributed by atoms with E-state index in [1.54, 1.807) is 34.4 Å². The van der Waals surface area contributed by atoms with Crippen LogP contribution < -0.4 is 9.64 Å². The summed E-state index contributed by atoms with van der Waals surface area (Å²) in [7, 11) is 0. The summed E-state index contributed by atoms with van der Waals surface area (Å²) in [6.07, 6.45) is 0.0946. The number of aliphatic hydroxyl groups excluding tert-OH is 1. The molecule has 7 nitrogen and oxygen atoms in total. The molecule has 0 bridgehead atoms. The first-order chi connectivity index (χ1) is 19.9. The Labute approximate surface area is 252 Å². The summed E-state index contributed by atoms with van der Waals surface area (Å²) in [5, 5.41) is 12.8. The zero-order valence-electron chi connectivity index (χ0n) is 22.2. The summed E-state index contributed by atoms with van der Waals surface area (Å²) < 4.78 is 12.2. The summed E-state index contributed by atoms with van der Waals surface area (Å²) in [5.41, 5.74) is 2.67. The number of aryl methyl sites for hydroxylation is 1. The van der Waals surface area contributed by atoms with E-state index in [-0.39, 0.29) is 12.5 Å². The molecule has 2 aliphatic heterocycles. The van der Waals surface area contributed by atoms with Gasteiger partial charge in [0.2, 0.25) is 5.90 Å². The molecule has 4 aromatic rings. The number of carbonyl (C=O) groups excluding carboxylic acids is 1. The van der Waals surface area contributed by atoms with Crippen molar-refractivity contribution in [3.05, 3.63) is 110 Å². The molecule has 2 aliphatic rings. The van der Waals surface area contributed by atoms with Gasteiger partial charge < -0.3 is 19.5 Å². The Kier molecular flexibility index (Phi) is 7.74. The Morgan fingerprint density at radius 2 is 1.95 bits per heavy atom. The van der Waals surface area contributed by atoms with E-state index in [0.29, 0.717) is 58.8 Å². The van der Waals surface area contributed by atoms with E-state index in [2.05, 4.69) is 4.98 Å². The third kappa shape index (κ3) is 5.33. The predicted octanol–water partition coefficient (Wildman–Crippen LogP) is 6.57. The van der Waals surface area contributed by atoms with Crippen LogP contribution in [0.3, 0.4) is 0 Å². The van der Waals surface area contributed by atoms with Crippen molar-refractivity contribution in [2.24, 2.45) is 4.99 Å². The molecule has 2 atom stereocenters. The lowest BCUT2D eigenvalue weighted by Gasteiger charge is -2.40. The Balaban J connectivity index is 1.45. The Hall–Kier alpha value is -3.43. The van der Waals surface area contributed by atoms with Gasteiger partial charge in [0, 0.05) is 51.7 Å². The number of aromatic nitrogens is 1. The van der Waals surface area contributed by atoms with Crippen molar-refractivity contribution in [1.29, 1.82) is 0 Å². The van der Waals surface area contributed by atoms with Crippen LogP contribution in [0.5, 0.6) is 5.75 Å². The Bertz CT molecular complexity index is 1620. The molecule has 1 aromatic heterocycles. The lowest BCUT2D eigenvalue weighted by atomic mass is 9.78. The first-order valence-electron chi connectivity index (χ1n) is 13.2. The van der Waals surface area contributed by atoms with Crippen LogP contribution in [0.15, 0.2) is 77.1 Å². The second-order valence-electron chi connectivity index (χ2n) is 10.0. The van der Waals surface area contributed by atoms with E-state index < -0.39 is 11.6 Å². The van der Waals surface area contributed by atoms with Crippen LogP contribution in [-0.4, -0.2) is 40.6 Å². The molecule has 1 N–H and O–H groups in total. The number of hydrogen-bond donors (Lipinski definition) is 1. The number of anilines is 1. The lowest BCUT2D eigenvalue weighted by Crippen LogP contribution is -2.55. The molecule has 0 radical (unpaired) electrons. The topological polar surface area (TPSA) is 84.3 Å². The number of amides is 1. The van der Waals surface area contributed by atoms with Crippen molar-refractivity contribution in [2.75, 3.05) is 18.1 Å². The maximum atomic E-state index is 14.7. The Morgan fingerprint density at radius 3 is 2.68 bits per heavy atom. The van der Waals surface area contributed by atoms with E-state index in [0.717, 1.165) is 22.0 Å². The normalized spacial score (nSPS) is 19.7. The van der Waals surface area contributed by atoms with Gasteiger partial charge in [-0.3, -0.25) is 4.79 Å². The van der Waals surface area contributed by atoms with Crippen molar-refractivity contribution in [2.45, 2.75) is 38.0 Å². The number of rotatable bonds is 8. The van der Waals surface area contributed by atoms with Crippen molar-refractivity contribution < 1.29 is 19.4 Å². The number of aliphatic hydroxyl groups is 1. The molecule has 210 valence electrons. The zero-order chi connectivity index (χ0) is 28.6. The minimum absolute atomic E-state index is 0.0652. The second-order valence-corrected chi connectivity index (χ2v) is 11.9. The molecule has 0 unspecified atom stereocenters. The maximum absolute atomic E-state index is 14.7. The average molecular weight is 609 g/mol. The van der Waals surface area contributed by atoms with Crippen molar-refractivity contribution in [3.63, 3.8) is 0 Å². The van der Waals surface area contributed by atoms with Gasteiger partial charge in [0.25, 0.3) is 5.91 Å². The van der Waals surface area contributed by atoms with Gasteiger partial charge in [-0.25, -0.2) is 9.98 Å². The van der Waals surface area contributed by atoms with Crippen LogP contribution in [0.4, 0.5) is 5.69 Å². The SMILES string of the molecule is Cc1nc(CN2C(=O)[C@@]3(Cc4ccccc42)N=C(c2ccc(OCCCO)cc2)O[C@H]3c2ccc(Cl)cc2Cl)cs1. The van der Waals surface area contributed by atoms with E-state index in [1.165, 1.54) is 0 Å². The summed E-state index contributed by atoms with van der Waals surface area (Å²) >= 11 is 14.5. The van der Waals surface area contributed by atoms with Gasteiger partial charge in [-0.1, -0.05) is 47.5 Å². The summed E-state index contributed by atoms with van der Waals surface area (Å²) in [6.45, 7) is 2.74. The number of nitrogens with zero attached hydrogens (tertiary/aromatic N) is 3. The van der Waals surface area contributed by atoms with Crippen LogP contribution >= 0.6 is 34.5 Å². The van der Waals surface area contributed by atoms with Crippen LogP contribution in [0.1, 0.15) is 39.9 Å². The molecule has 1 amide bonds. The zero-order valence-corrected chi connectivity index (χ0v) is 24.5. The lowest BCUT2D eigenvalue weighted by molar-refractivity contribution is -0.127. The Morgan fingerprint density at radius 1 is 1.15 bits per heavy atom. The molecule has 10 heteroatoms. The van der Waals surface area contributed by atoms with Gasteiger partial charge in [-0.2, -0.15) is 0 Å². The number of para-hydroxylation sites is 1. The molecule has 0 saturated heterocycles. The standard InChI is InChI=1S/C31H27Cl2N3O4S/c1-19-34-23(18-41-19)17-36-27-6-3-2-5-21(27)16-31(30(36)38)28(25-12-9-22(32)15-26(25)33)40-29(35-31)20-7-10-24(11-8-20)39-14-4-13-37/h2-3,5-12,15,18,28,37H,4,13-14,16-17H2,1H3/t28-,31-/m0/s1. The fraction of sp³-hybridized carbons (Fsp3) is 0.258. The molecule has 3 aromatic carbocycles. The summed E-state index contributed by atoms with van der Waals surface area (Å²) in [5.74, 6) is 0.831. The summed E-state index contributed by atoms with van der Waals surface area (Å²) in [6, 6.07) is 20.4.